The van der Waals surface area contributed by atoms with E-state index in [0.29, 0.717) is 11.9 Å². The molecule has 1 aliphatic rings. The second-order valence-corrected chi connectivity index (χ2v) is 6.24. The Kier molecular flexibility index (Phi) is 3.75. The average molecular weight is 305 g/mol. The van der Waals surface area contributed by atoms with E-state index in [2.05, 4.69) is 31.2 Å². The molecule has 88 valence electrons. The van der Waals surface area contributed by atoms with Crippen LogP contribution in [0.1, 0.15) is 12.8 Å². The van der Waals surface area contributed by atoms with Gasteiger partial charge in [-0.2, -0.15) is 4.98 Å². The van der Waals surface area contributed by atoms with Gasteiger partial charge in [-0.05, 0) is 28.8 Å². The van der Waals surface area contributed by atoms with Gasteiger partial charge in [0.2, 0.25) is 5.95 Å². The summed E-state index contributed by atoms with van der Waals surface area (Å²) in [6.45, 7) is 0. The number of hydrogen-bond acceptors (Lipinski definition) is 5. The summed E-state index contributed by atoms with van der Waals surface area (Å²) in [6.07, 6.45) is 3.44. The highest BCUT2D eigenvalue weighted by molar-refractivity contribution is 9.10. The second kappa shape index (κ2) is 5.09. The Hall–Kier alpha value is -0.690. The van der Waals surface area contributed by atoms with Gasteiger partial charge in [-0.15, -0.1) is 0 Å². The quantitative estimate of drug-likeness (QED) is 0.856. The maximum atomic E-state index is 11.2. The molecule has 2 rings (SSSR count). The van der Waals surface area contributed by atoms with Gasteiger partial charge in [0, 0.05) is 34.5 Å². The van der Waals surface area contributed by atoms with E-state index in [1.165, 1.54) is 0 Å². The molecule has 16 heavy (non-hydrogen) atoms. The summed E-state index contributed by atoms with van der Waals surface area (Å²) < 4.78 is 12.0. The SMILES string of the molecule is Nc1ncc(Br)c(NC2CCS(=O)CC2)n1. The molecule has 1 aromatic rings. The molecule has 5 nitrogen and oxygen atoms in total. The van der Waals surface area contributed by atoms with Crippen LogP contribution >= 0.6 is 15.9 Å². The third kappa shape index (κ3) is 2.91. The van der Waals surface area contributed by atoms with Crippen LogP contribution in [0.5, 0.6) is 0 Å². The van der Waals surface area contributed by atoms with E-state index in [1.807, 2.05) is 0 Å². The predicted octanol–water partition coefficient (Wildman–Crippen LogP) is 1.14. The van der Waals surface area contributed by atoms with Crippen molar-refractivity contribution in [3.05, 3.63) is 10.7 Å². The summed E-state index contributed by atoms with van der Waals surface area (Å²) in [7, 11) is -0.638. The van der Waals surface area contributed by atoms with Crippen molar-refractivity contribution in [3.8, 4) is 0 Å². The number of rotatable bonds is 2. The van der Waals surface area contributed by atoms with Gasteiger partial charge >= 0.3 is 0 Å². The van der Waals surface area contributed by atoms with Crippen LogP contribution in [0.4, 0.5) is 11.8 Å². The highest BCUT2D eigenvalue weighted by Crippen LogP contribution is 2.22. The van der Waals surface area contributed by atoms with Crippen LogP contribution in [0, 0.1) is 0 Å². The molecule has 0 bridgehead atoms. The Balaban J connectivity index is 2.03. The number of halogens is 1. The van der Waals surface area contributed by atoms with Gasteiger partial charge in [-0.1, -0.05) is 0 Å². The Bertz CT molecular complexity index is 404. The van der Waals surface area contributed by atoms with Crippen molar-refractivity contribution in [1.82, 2.24) is 9.97 Å². The molecule has 0 aromatic carbocycles. The number of anilines is 2. The molecule has 0 atom stereocenters. The van der Waals surface area contributed by atoms with Gasteiger partial charge < -0.3 is 11.1 Å². The number of hydrogen-bond donors (Lipinski definition) is 2. The number of aromatic nitrogens is 2. The molecule has 1 fully saturated rings. The minimum atomic E-state index is -0.638. The Morgan fingerprint density at radius 2 is 2.19 bits per heavy atom. The largest absolute Gasteiger partial charge is 0.368 e. The molecule has 3 N–H and O–H groups in total. The van der Waals surface area contributed by atoms with Crippen molar-refractivity contribution >= 4 is 38.5 Å². The lowest BCUT2D eigenvalue weighted by Gasteiger charge is -2.23. The first-order valence-electron chi connectivity index (χ1n) is 5.04. The van der Waals surface area contributed by atoms with Crippen molar-refractivity contribution in [2.45, 2.75) is 18.9 Å². The minimum absolute atomic E-state index is 0.255. The van der Waals surface area contributed by atoms with E-state index < -0.39 is 10.8 Å². The first kappa shape index (κ1) is 11.8. The fraction of sp³-hybridized carbons (Fsp3) is 0.556. The number of nitrogens with zero attached hydrogens (tertiary/aromatic N) is 2. The number of nitrogens with one attached hydrogen (secondary N) is 1. The number of nitrogen functional groups attached to an aromatic ring is 1. The Morgan fingerprint density at radius 1 is 1.50 bits per heavy atom. The van der Waals surface area contributed by atoms with Gasteiger partial charge in [-0.3, -0.25) is 4.21 Å². The van der Waals surface area contributed by atoms with Crippen molar-refractivity contribution in [2.24, 2.45) is 0 Å². The zero-order valence-corrected chi connectivity index (χ0v) is 11.1. The van der Waals surface area contributed by atoms with E-state index in [9.17, 15) is 4.21 Å². The average Bonchev–Trinajstić information content (AvgIpc) is 2.27. The lowest BCUT2D eigenvalue weighted by Crippen LogP contribution is -2.30. The molecule has 1 saturated heterocycles. The van der Waals surface area contributed by atoms with E-state index in [1.54, 1.807) is 6.20 Å². The summed E-state index contributed by atoms with van der Waals surface area (Å²) in [4.78, 5) is 7.99. The molecule has 0 aliphatic carbocycles. The van der Waals surface area contributed by atoms with Gasteiger partial charge in [0.05, 0.1) is 4.47 Å². The number of nitrogens with two attached hydrogens (primary N) is 1. The van der Waals surface area contributed by atoms with Crippen molar-refractivity contribution in [2.75, 3.05) is 22.6 Å². The van der Waals surface area contributed by atoms with Crippen molar-refractivity contribution in [3.63, 3.8) is 0 Å². The van der Waals surface area contributed by atoms with Gasteiger partial charge in [0.1, 0.15) is 5.82 Å². The predicted molar refractivity (Wildman–Crippen MR) is 68.7 cm³/mol. The third-order valence-corrected chi connectivity index (χ3v) is 4.45. The highest BCUT2D eigenvalue weighted by atomic mass is 79.9. The molecule has 2 heterocycles. The van der Waals surface area contributed by atoms with Crippen LogP contribution in [0.15, 0.2) is 10.7 Å². The third-order valence-electron chi connectivity index (χ3n) is 2.49. The van der Waals surface area contributed by atoms with E-state index in [-0.39, 0.29) is 5.95 Å². The zero-order valence-electron chi connectivity index (χ0n) is 8.65. The molecular weight excluding hydrogens is 292 g/mol. The van der Waals surface area contributed by atoms with Crippen molar-refractivity contribution < 1.29 is 4.21 Å². The maximum Gasteiger partial charge on any atom is 0.221 e. The fourth-order valence-corrected chi connectivity index (χ4v) is 3.22. The van der Waals surface area contributed by atoms with Crippen LogP contribution in [-0.2, 0) is 10.8 Å². The summed E-state index contributed by atoms with van der Waals surface area (Å²) in [5.74, 6) is 2.49. The summed E-state index contributed by atoms with van der Waals surface area (Å²) in [6, 6.07) is 0.322. The first-order valence-corrected chi connectivity index (χ1v) is 7.33. The van der Waals surface area contributed by atoms with Crippen LogP contribution in [0.25, 0.3) is 0 Å². The molecule has 0 spiro atoms. The monoisotopic (exact) mass is 304 g/mol. The van der Waals surface area contributed by atoms with Gasteiger partial charge in [0.25, 0.3) is 0 Å². The van der Waals surface area contributed by atoms with Gasteiger partial charge in [0.15, 0.2) is 0 Å². The van der Waals surface area contributed by atoms with E-state index in [4.69, 9.17) is 5.73 Å². The Labute approximate surface area is 105 Å². The first-order chi connectivity index (χ1) is 7.65. The summed E-state index contributed by atoms with van der Waals surface area (Å²) >= 11 is 3.37. The Morgan fingerprint density at radius 3 is 2.88 bits per heavy atom. The standard InChI is InChI=1S/C9H13BrN4OS/c10-7-5-12-9(11)14-8(7)13-6-1-3-16(15)4-2-6/h5-6H,1-4H2,(H3,11,12,13,14). The van der Waals surface area contributed by atoms with E-state index in [0.717, 1.165) is 28.8 Å². The molecule has 0 unspecified atom stereocenters. The molecular formula is C9H13BrN4OS. The highest BCUT2D eigenvalue weighted by Gasteiger charge is 2.18. The van der Waals surface area contributed by atoms with Crippen LogP contribution in [0.2, 0.25) is 0 Å². The van der Waals surface area contributed by atoms with Crippen LogP contribution in [-0.4, -0.2) is 31.7 Å². The smallest absolute Gasteiger partial charge is 0.221 e. The molecule has 7 heteroatoms. The zero-order chi connectivity index (χ0) is 11.5. The lowest BCUT2D eigenvalue weighted by molar-refractivity contribution is 0.622. The molecule has 1 aromatic heterocycles. The van der Waals surface area contributed by atoms with Crippen molar-refractivity contribution in [1.29, 1.82) is 0 Å². The summed E-state index contributed by atoms with van der Waals surface area (Å²) in [5.41, 5.74) is 5.52. The topological polar surface area (TPSA) is 80.9 Å². The molecule has 0 saturated carbocycles. The van der Waals surface area contributed by atoms with Crippen LogP contribution < -0.4 is 11.1 Å². The second-order valence-electron chi connectivity index (χ2n) is 3.69. The molecule has 0 amide bonds. The molecule has 1 aliphatic heterocycles. The maximum absolute atomic E-state index is 11.2. The molecule has 0 radical (unpaired) electrons. The minimum Gasteiger partial charge on any atom is -0.368 e. The summed E-state index contributed by atoms with van der Waals surface area (Å²) in [5, 5.41) is 3.30. The fourth-order valence-electron chi connectivity index (χ4n) is 1.61. The van der Waals surface area contributed by atoms with E-state index >= 15 is 0 Å². The normalized spacial score (nSPS) is 25.3. The van der Waals surface area contributed by atoms with Crippen LogP contribution in [0.3, 0.4) is 0 Å². The lowest BCUT2D eigenvalue weighted by atomic mass is 10.1. The van der Waals surface area contributed by atoms with Gasteiger partial charge in [-0.25, -0.2) is 4.98 Å².